The molecule has 0 bridgehead atoms. The number of methoxy groups -OCH3 is 1. The van der Waals surface area contributed by atoms with Gasteiger partial charge in [-0.3, -0.25) is 14.8 Å². The second-order valence-corrected chi connectivity index (χ2v) is 6.53. The lowest BCUT2D eigenvalue weighted by atomic mass is 10.0. The van der Waals surface area contributed by atoms with Gasteiger partial charge in [0.2, 0.25) is 0 Å². The third-order valence-electron chi connectivity index (χ3n) is 4.83. The second-order valence-electron chi connectivity index (χ2n) is 6.53. The molecule has 1 unspecified atom stereocenters. The summed E-state index contributed by atoms with van der Waals surface area (Å²) in [6.07, 6.45) is 2.98. The molecule has 1 fully saturated rings. The summed E-state index contributed by atoms with van der Waals surface area (Å²) >= 11 is 0. The van der Waals surface area contributed by atoms with E-state index < -0.39 is 12.1 Å². The highest BCUT2D eigenvalue weighted by molar-refractivity contribution is 5.89. The summed E-state index contributed by atoms with van der Waals surface area (Å²) in [5.74, 6) is -0.483. The first-order valence-electron chi connectivity index (χ1n) is 8.87. The lowest BCUT2D eigenvalue weighted by Gasteiger charge is -2.40. The monoisotopic (exact) mass is 369 g/mol. The van der Waals surface area contributed by atoms with E-state index in [1.165, 1.54) is 23.8 Å². The number of carboxylic acid groups (broad SMARTS) is 1. The molecule has 1 aliphatic heterocycles. The summed E-state index contributed by atoms with van der Waals surface area (Å²) in [6.45, 7) is 2.50. The van der Waals surface area contributed by atoms with Crippen LogP contribution < -0.4 is 0 Å². The molecule has 7 nitrogen and oxygen atoms in total. The molecule has 0 spiro atoms. The number of amides is 1. The van der Waals surface area contributed by atoms with Crippen LogP contribution in [0.3, 0.4) is 0 Å². The van der Waals surface area contributed by atoms with Crippen LogP contribution in [0.1, 0.15) is 27.5 Å². The summed E-state index contributed by atoms with van der Waals surface area (Å²) in [5, 5.41) is 9.58. The summed E-state index contributed by atoms with van der Waals surface area (Å²) in [4.78, 5) is 31.2. The van der Waals surface area contributed by atoms with Crippen molar-refractivity contribution in [3.63, 3.8) is 0 Å². The third kappa shape index (κ3) is 4.62. The first-order chi connectivity index (χ1) is 13.1. The molecule has 1 amide bonds. The molecule has 142 valence electrons. The first-order valence-corrected chi connectivity index (χ1v) is 8.87. The molecule has 2 aromatic rings. The van der Waals surface area contributed by atoms with E-state index in [-0.39, 0.29) is 6.04 Å². The summed E-state index contributed by atoms with van der Waals surface area (Å²) in [7, 11) is 1.31. The van der Waals surface area contributed by atoms with Crippen molar-refractivity contribution in [2.75, 3.05) is 33.3 Å². The summed E-state index contributed by atoms with van der Waals surface area (Å²) in [5.41, 5.74) is 2.27. The minimum absolute atomic E-state index is 0.321. The number of nitrogens with zero attached hydrogens (tertiary/aromatic N) is 3. The van der Waals surface area contributed by atoms with Crippen LogP contribution in [0.25, 0.3) is 0 Å². The number of aromatic nitrogens is 1. The molecule has 1 aliphatic rings. The van der Waals surface area contributed by atoms with Gasteiger partial charge in [-0.25, -0.2) is 9.59 Å². The van der Waals surface area contributed by atoms with E-state index in [1.54, 1.807) is 12.3 Å². The maximum absolute atomic E-state index is 11.8. The van der Waals surface area contributed by atoms with E-state index in [2.05, 4.69) is 22.0 Å². The van der Waals surface area contributed by atoms with Crippen LogP contribution in [0, 0.1) is 0 Å². The predicted molar refractivity (Wildman–Crippen MR) is 99.6 cm³/mol. The van der Waals surface area contributed by atoms with Gasteiger partial charge in [-0.2, -0.15) is 0 Å². The Morgan fingerprint density at radius 2 is 2.00 bits per heavy atom. The number of hydrogen-bond acceptors (Lipinski definition) is 5. The molecule has 2 heterocycles. The molecule has 0 radical (unpaired) electrons. The zero-order valence-electron chi connectivity index (χ0n) is 15.2. The molecule has 0 saturated carbocycles. The Balaban J connectivity index is 1.75. The van der Waals surface area contributed by atoms with Crippen LogP contribution >= 0.6 is 0 Å². The van der Waals surface area contributed by atoms with Crippen LogP contribution in [0.2, 0.25) is 0 Å². The standard InChI is InChI=1S/C20H23N3O4/c1-27-19(24)17-11-16(12-21-13-17)18-14-22(9-10-23(18)20(25)26)8-7-15-5-3-2-4-6-15/h2-6,11-13,18H,7-10,14H2,1H3,(H,25,26). The Hall–Kier alpha value is -2.93. The number of rotatable bonds is 5. The minimum Gasteiger partial charge on any atom is -0.465 e. The SMILES string of the molecule is COC(=O)c1cncc(C2CN(CCc3ccccc3)CCN2C(=O)O)c1. The van der Waals surface area contributed by atoms with Crippen molar-refractivity contribution in [1.82, 2.24) is 14.8 Å². The fourth-order valence-corrected chi connectivity index (χ4v) is 3.36. The average Bonchev–Trinajstić information content (AvgIpc) is 2.72. The molecular formula is C20H23N3O4. The van der Waals surface area contributed by atoms with Gasteiger partial charge >= 0.3 is 12.1 Å². The smallest absolute Gasteiger partial charge is 0.407 e. The van der Waals surface area contributed by atoms with Crippen LogP contribution in [0.5, 0.6) is 0 Å². The maximum Gasteiger partial charge on any atom is 0.407 e. The lowest BCUT2D eigenvalue weighted by molar-refractivity contribution is 0.0598. The van der Waals surface area contributed by atoms with Crippen molar-refractivity contribution in [1.29, 1.82) is 0 Å². The molecule has 0 aliphatic carbocycles. The number of pyridine rings is 1. The number of benzene rings is 1. The van der Waals surface area contributed by atoms with Crippen molar-refractivity contribution < 1.29 is 19.4 Å². The minimum atomic E-state index is -0.966. The zero-order valence-corrected chi connectivity index (χ0v) is 15.2. The van der Waals surface area contributed by atoms with Gasteiger partial charge in [0.05, 0.1) is 18.7 Å². The van der Waals surface area contributed by atoms with E-state index in [9.17, 15) is 14.7 Å². The summed E-state index contributed by atoms with van der Waals surface area (Å²) in [6, 6.07) is 11.5. The molecule has 7 heteroatoms. The fourth-order valence-electron chi connectivity index (χ4n) is 3.36. The normalized spacial score (nSPS) is 17.5. The Bertz CT molecular complexity index is 797. The maximum atomic E-state index is 11.8. The third-order valence-corrected chi connectivity index (χ3v) is 4.83. The number of hydrogen-bond donors (Lipinski definition) is 1. The lowest BCUT2D eigenvalue weighted by Crippen LogP contribution is -2.50. The van der Waals surface area contributed by atoms with Crippen molar-refractivity contribution in [2.45, 2.75) is 12.5 Å². The molecule has 1 aromatic heterocycles. The molecule has 3 rings (SSSR count). The quantitative estimate of drug-likeness (QED) is 0.815. The van der Waals surface area contributed by atoms with E-state index >= 15 is 0 Å². The Kier molecular flexibility index (Phi) is 6.03. The Morgan fingerprint density at radius 3 is 2.70 bits per heavy atom. The van der Waals surface area contributed by atoms with Crippen molar-refractivity contribution >= 4 is 12.1 Å². The van der Waals surface area contributed by atoms with Crippen molar-refractivity contribution in [2.24, 2.45) is 0 Å². The second kappa shape index (κ2) is 8.64. The number of carbonyl (C=O) groups is 2. The fraction of sp³-hybridized carbons (Fsp3) is 0.350. The first kappa shape index (κ1) is 18.8. The average molecular weight is 369 g/mol. The van der Waals surface area contributed by atoms with E-state index in [0.29, 0.717) is 30.8 Å². The highest BCUT2D eigenvalue weighted by Crippen LogP contribution is 2.26. The van der Waals surface area contributed by atoms with E-state index in [0.717, 1.165) is 13.0 Å². The number of esters is 1. The van der Waals surface area contributed by atoms with E-state index in [1.807, 2.05) is 18.2 Å². The largest absolute Gasteiger partial charge is 0.465 e. The van der Waals surface area contributed by atoms with E-state index in [4.69, 9.17) is 4.74 Å². The predicted octanol–water partition coefficient (Wildman–Crippen LogP) is 2.45. The number of ether oxygens (including phenoxy) is 1. The van der Waals surface area contributed by atoms with Gasteiger partial charge < -0.3 is 9.84 Å². The molecule has 1 atom stereocenters. The molecule has 1 saturated heterocycles. The topological polar surface area (TPSA) is 83.0 Å². The molecule has 1 aromatic carbocycles. The van der Waals surface area contributed by atoms with Gasteiger partial charge in [0.15, 0.2) is 0 Å². The molecule has 27 heavy (non-hydrogen) atoms. The zero-order chi connectivity index (χ0) is 19.2. The molecule has 1 N–H and O–H groups in total. The van der Waals surface area contributed by atoms with Gasteiger partial charge in [0.25, 0.3) is 0 Å². The van der Waals surface area contributed by atoms with Gasteiger partial charge in [-0.1, -0.05) is 30.3 Å². The van der Waals surface area contributed by atoms with Crippen LogP contribution in [-0.4, -0.2) is 65.2 Å². The Morgan fingerprint density at radius 1 is 1.22 bits per heavy atom. The number of carbonyl (C=O) groups excluding carboxylic acids is 1. The summed E-state index contributed by atoms with van der Waals surface area (Å²) < 4.78 is 4.74. The highest BCUT2D eigenvalue weighted by atomic mass is 16.5. The highest BCUT2D eigenvalue weighted by Gasteiger charge is 2.32. The van der Waals surface area contributed by atoms with Crippen molar-refractivity contribution in [3.8, 4) is 0 Å². The van der Waals surface area contributed by atoms with Crippen LogP contribution in [0.15, 0.2) is 48.8 Å². The van der Waals surface area contributed by atoms with Crippen molar-refractivity contribution in [3.05, 3.63) is 65.5 Å². The Labute approximate surface area is 158 Å². The van der Waals surface area contributed by atoms with Gasteiger partial charge in [-0.15, -0.1) is 0 Å². The van der Waals surface area contributed by atoms with Gasteiger partial charge in [-0.05, 0) is 23.6 Å². The molecular weight excluding hydrogens is 346 g/mol. The van der Waals surface area contributed by atoms with Crippen LogP contribution in [0.4, 0.5) is 4.79 Å². The van der Waals surface area contributed by atoms with Crippen LogP contribution in [-0.2, 0) is 11.2 Å². The number of piperazine rings is 1. The van der Waals surface area contributed by atoms with Gasteiger partial charge in [0.1, 0.15) is 0 Å². The van der Waals surface area contributed by atoms with Gasteiger partial charge in [0, 0.05) is 38.6 Å².